The molecule has 0 amide bonds. The largest absolute Gasteiger partial charge is 0.388 e. The van der Waals surface area contributed by atoms with Crippen molar-refractivity contribution < 1.29 is 5.11 Å². The van der Waals surface area contributed by atoms with Crippen molar-refractivity contribution in [3.05, 3.63) is 33.3 Å². The summed E-state index contributed by atoms with van der Waals surface area (Å²) in [6.07, 6.45) is 1.87. The van der Waals surface area contributed by atoms with Crippen LogP contribution in [0.3, 0.4) is 0 Å². The maximum absolute atomic E-state index is 10.1. The summed E-state index contributed by atoms with van der Waals surface area (Å²) in [5.41, 5.74) is 1.83. The topological polar surface area (TPSA) is 50.9 Å². The van der Waals surface area contributed by atoms with Crippen molar-refractivity contribution in [1.29, 1.82) is 0 Å². The molecule has 0 aliphatic carbocycles. The average molecular weight is 237 g/mol. The monoisotopic (exact) mass is 237 g/mol. The van der Waals surface area contributed by atoms with E-state index >= 15 is 0 Å². The van der Waals surface area contributed by atoms with Crippen LogP contribution in [0.15, 0.2) is 12.3 Å². The van der Waals surface area contributed by atoms with Crippen LogP contribution in [-0.4, -0.2) is 20.1 Å². The second kappa shape index (κ2) is 4.35. The molecule has 5 heteroatoms. The van der Waals surface area contributed by atoms with Gasteiger partial charge in [0.05, 0.1) is 11.8 Å². The van der Waals surface area contributed by atoms with E-state index in [1.165, 1.54) is 9.75 Å². The Bertz CT molecular complexity index is 489. The normalized spacial score (nSPS) is 13.0. The number of hydrogen-bond acceptors (Lipinski definition) is 4. The van der Waals surface area contributed by atoms with Gasteiger partial charge in [0.15, 0.2) is 0 Å². The predicted octanol–water partition coefficient (Wildman–Crippen LogP) is 1.77. The maximum Gasteiger partial charge on any atom is 0.0857 e. The molecule has 86 valence electrons. The molecule has 0 bridgehead atoms. The van der Waals surface area contributed by atoms with Gasteiger partial charge >= 0.3 is 0 Å². The minimum atomic E-state index is -0.485. The molecule has 0 spiro atoms. The van der Waals surface area contributed by atoms with Crippen molar-refractivity contribution in [2.75, 3.05) is 0 Å². The Morgan fingerprint density at radius 3 is 2.75 bits per heavy atom. The van der Waals surface area contributed by atoms with Gasteiger partial charge in [0.2, 0.25) is 0 Å². The summed E-state index contributed by atoms with van der Waals surface area (Å²) in [4.78, 5) is 2.40. The Hall–Kier alpha value is -1.20. The Kier molecular flexibility index (Phi) is 3.07. The molecule has 0 saturated carbocycles. The number of aliphatic hydroxyl groups is 1. The van der Waals surface area contributed by atoms with Gasteiger partial charge in [0.25, 0.3) is 0 Å². The van der Waals surface area contributed by atoms with Crippen molar-refractivity contribution in [2.45, 2.75) is 26.4 Å². The van der Waals surface area contributed by atoms with Gasteiger partial charge in [0, 0.05) is 29.4 Å². The van der Waals surface area contributed by atoms with Crippen molar-refractivity contribution in [2.24, 2.45) is 7.05 Å². The molecule has 0 fully saturated rings. The van der Waals surface area contributed by atoms with Crippen molar-refractivity contribution >= 4 is 11.3 Å². The third-order valence-corrected chi connectivity index (χ3v) is 3.47. The molecule has 0 saturated heterocycles. The highest BCUT2D eigenvalue weighted by molar-refractivity contribution is 7.12. The quantitative estimate of drug-likeness (QED) is 0.885. The van der Waals surface area contributed by atoms with E-state index in [1.807, 2.05) is 26.2 Å². The van der Waals surface area contributed by atoms with Crippen LogP contribution in [0, 0.1) is 13.8 Å². The molecule has 0 aliphatic rings. The third-order valence-electron chi connectivity index (χ3n) is 2.49. The Labute approximate surface area is 98.5 Å². The van der Waals surface area contributed by atoms with Crippen molar-refractivity contribution in [1.82, 2.24) is 15.0 Å². The summed E-state index contributed by atoms with van der Waals surface area (Å²) in [7, 11) is 1.82. The molecule has 1 atom stereocenters. The van der Waals surface area contributed by atoms with Gasteiger partial charge < -0.3 is 5.11 Å². The molecule has 2 rings (SSSR count). The van der Waals surface area contributed by atoms with Gasteiger partial charge in [-0.3, -0.25) is 4.68 Å². The second-order valence-electron chi connectivity index (χ2n) is 3.97. The van der Waals surface area contributed by atoms with Crippen molar-refractivity contribution in [3.63, 3.8) is 0 Å². The molecular formula is C11H15N3OS. The molecule has 0 aliphatic heterocycles. The summed E-state index contributed by atoms with van der Waals surface area (Å²) in [5, 5.41) is 17.9. The fourth-order valence-electron chi connectivity index (χ4n) is 1.78. The first kappa shape index (κ1) is 11.3. The van der Waals surface area contributed by atoms with Gasteiger partial charge in [-0.1, -0.05) is 5.21 Å². The highest BCUT2D eigenvalue weighted by Crippen LogP contribution is 2.27. The second-order valence-corrected chi connectivity index (χ2v) is 5.43. The minimum Gasteiger partial charge on any atom is -0.388 e. The van der Waals surface area contributed by atoms with Crippen LogP contribution in [0.25, 0.3) is 0 Å². The van der Waals surface area contributed by atoms with Crippen LogP contribution in [0.2, 0.25) is 0 Å². The first-order valence-electron chi connectivity index (χ1n) is 5.16. The summed E-state index contributed by atoms with van der Waals surface area (Å²) in [6.45, 7) is 4.09. The predicted molar refractivity (Wildman–Crippen MR) is 63.5 cm³/mol. The summed E-state index contributed by atoms with van der Waals surface area (Å²) in [5.74, 6) is 0. The average Bonchev–Trinajstić information content (AvgIpc) is 2.73. The molecular weight excluding hydrogens is 222 g/mol. The lowest BCUT2D eigenvalue weighted by molar-refractivity contribution is 0.177. The van der Waals surface area contributed by atoms with E-state index in [1.54, 1.807) is 16.0 Å². The first-order chi connectivity index (χ1) is 7.56. The lowest BCUT2D eigenvalue weighted by Gasteiger charge is -2.07. The fourth-order valence-corrected chi connectivity index (χ4v) is 2.76. The lowest BCUT2D eigenvalue weighted by atomic mass is 10.1. The zero-order chi connectivity index (χ0) is 11.7. The van der Waals surface area contributed by atoms with Crippen LogP contribution < -0.4 is 0 Å². The Balaban J connectivity index is 2.14. The number of aromatic nitrogens is 3. The molecule has 2 aromatic heterocycles. The van der Waals surface area contributed by atoms with Crippen LogP contribution in [-0.2, 0) is 13.5 Å². The third kappa shape index (κ3) is 2.31. The smallest absolute Gasteiger partial charge is 0.0857 e. The van der Waals surface area contributed by atoms with Gasteiger partial charge in [-0.25, -0.2) is 0 Å². The summed E-state index contributed by atoms with van der Waals surface area (Å²) in [6, 6.07) is 2.04. The highest BCUT2D eigenvalue weighted by Gasteiger charge is 2.15. The molecule has 0 radical (unpaired) electrons. The van der Waals surface area contributed by atoms with Crippen LogP contribution >= 0.6 is 11.3 Å². The molecule has 4 nitrogen and oxygen atoms in total. The summed E-state index contributed by atoms with van der Waals surface area (Å²) >= 11 is 1.71. The van der Waals surface area contributed by atoms with Gasteiger partial charge in [-0.2, -0.15) is 0 Å². The van der Waals surface area contributed by atoms with Gasteiger partial charge in [0.1, 0.15) is 0 Å². The van der Waals surface area contributed by atoms with E-state index in [-0.39, 0.29) is 0 Å². The number of nitrogens with zero attached hydrogens (tertiary/aromatic N) is 3. The van der Waals surface area contributed by atoms with Gasteiger partial charge in [-0.15, -0.1) is 16.4 Å². The maximum atomic E-state index is 10.1. The SMILES string of the molecule is Cc1cc(C(O)Cc2cn(C)nn2)c(C)s1. The fraction of sp³-hybridized carbons (Fsp3) is 0.455. The standard InChI is InChI=1S/C11H15N3OS/c1-7-4-10(8(2)16-7)11(15)5-9-6-14(3)13-12-9/h4,6,11,15H,5H2,1-3H3. The van der Waals surface area contributed by atoms with E-state index in [0.29, 0.717) is 6.42 Å². The Morgan fingerprint density at radius 1 is 1.50 bits per heavy atom. The number of rotatable bonds is 3. The van der Waals surface area contributed by atoms with E-state index < -0.39 is 6.10 Å². The number of thiophene rings is 1. The number of hydrogen-bond donors (Lipinski definition) is 1. The molecule has 16 heavy (non-hydrogen) atoms. The van der Waals surface area contributed by atoms with E-state index in [9.17, 15) is 5.11 Å². The summed E-state index contributed by atoms with van der Waals surface area (Å²) < 4.78 is 1.65. The van der Waals surface area contributed by atoms with E-state index in [0.717, 1.165) is 11.3 Å². The molecule has 2 aromatic rings. The number of aliphatic hydroxyl groups excluding tert-OH is 1. The van der Waals surface area contributed by atoms with Crippen molar-refractivity contribution in [3.8, 4) is 0 Å². The Morgan fingerprint density at radius 2 is 2.25 bits per heavy atom. The molecule has 2 heterocycles. The van der Waals surface area contributed by atoms with Crippen LogP contribution in [0.4, 0.5) is 0 Å². The van der Waals surface area contributed by atoms with E-state index in [2.05, 4.69) is 17.2 Å². The van der Waals surface area contributed by atoms with Crippen LogP contribution in [0.1, 0.15) is 27.1 Å². The van der Waals surface area contributed by atoms with Crippen LogP contribution in [0.5, 0.6) is 0 Å². The number of aryl methyl sites for hydroxylation is 3. The minimum absolute atomic E-state index is 0.485. The molecule has 1 unspecified atom stereocenters. The molecule has 0 aromatic carbocycles. The zero-order valence-electron chi connectivity index (χ0n) is 9.64. The highest BCUT2D eigenvalue weighted by atomic mass is 32.1. The van der Waals surface area contributed by atoms with E-state index in [4.69, 9.17) is 0 Å². The lowest BCUT2D eigenvalue weighted by Crippen LogP contribution is -2.02. The first-order valence-corrected chi connectivity index (χ1v) is 5.98. The molecule has 1 N–H and O–H groups in total. The zero-order valence-corrected chi connectivity index (χ0v) is 10.5. The van der Waals surface area contributed by atoms with Gasteiger partial charge in [-0.05, 0) is 25.5 Å².